The Morgan fingerprint density at radius 2 is 1.70 bits per heavy atom. The van der Waals surface area contributed by atoms with E-state index in [1.165, 1.54) is 16.7 Å². The first-order valence-corrected chi connectivity index (χ1v) is 13.0. The number of benzene rings is 3. The van der Waals surface area contributed by atoms with Gasteiger partial charge in [-0.25, -0.2) is 0 Å². The van der Waals surface area contributed by atoms with E-state index in [2.05, 4.69) is 64.0 Å². The molecule has 1 amide bonds. The Labute approximate surface area is 218 Å². The van der Waals surface area contributed by atoms with Crippen LogP contribution >= 0.6 is 11.3 Å². The molecular weight excluding hydrogens is 480 g/mol. The molecule has 6 nitrogen and oxygen atoms in total. The summed E-state index contributed by atoms with van der Waals surface area (Å²) in [6, 6.07) is 30.8. The smallest absolute Gasteiger partial charge is 0.246 e. The van der Waals surface area contributed by atoms with E-state index in [0.29, 0.717) is 10.9 Å². The third-order valence-corrected chi connectivity index (χ3v) is 7.28. The lowest BCUT2D eigenvalue weighted by Crippen LogP contribution is -2.19. The van der Waals surface area contributed by atoms with Gasteiger partial charge in [-0.2, -0.15) is 0 Å². The average Bonchev–Trinajstić information content (AvgIpc) is 3.69. The van der Waals surface area contributed by atoms with Gasteiger partial charge in [-0.15, -0.1) is 10.2 Å². The maximum atomic E-state index is 13.3. The Kier molecular flexibility index (Phi) is 6.12. The van der Waals surface area contributed by atoms with Crippen molar-refractivity contribution in [1.82, 2.24) is 14.8 Å². The van der Waals surface area contributed by atoms with E-state index in [9.17, 15) is 4.79 Å². The predicted octanol–water partition coefficient (Wildman–Crippen LogP) is 7.29. The van der Waals surface area contributed by atoms with Crippen molar-refractivity contribution in [1.29, 1.82) is 0 Å². The second-order valence-electron chi connectivity index (χ2n) is 8.69. The zero-order chi connectivity index (χ0) is 25.2. The lowest BCUT2D eigenvalue weighted by atomic mass is 10.00. The fraction of sp³-hybridized carbons (Fsp3) is 0.100. The van der Waals surface area contributed by atoms with Crippen molar-refractivity contribution in [2.45, 2.75) is 19.9 Å². The molecular formula is C30H24N4O2S. The van der Waals surface area contributed by atoms with Crippen LogP contribution in [0.2, 0.25) is 0 Å². The molecule has 37 heavy (non-hydrogen) atoms. The Balaban J connectivity index is 1.50. The van der Waals surface area contributed by atoms with Crippen LogP contribution in [0.3, 0.4) is 0 Å². The number of hydrogen-bond donors (Lipinski definition) is 1. The van der Waals surface area contributed by atoms with Gasteiger partial charge in [0.15, 0.2) is 5.76 Å². The van der Waals surface area contributed by atoms with Crippen molar-refractivity contribution < 1.29 is 9.21 Å². The number of hydrogen-bond acceptors (Lipinski definition) is 5. The molecule has 0 saturated carbocycles. The Morgan fingerprint density at radius 1 is 0.892 bits per heavy atom. The van der Waals surface area contributed by atoms with E-state index in [4.69, 9.17) is 4.42 Å². The molecule has 6 aromatic rings. The summed E-state index contributed by atoms with van der Waals surface area (Å²) in [5.74, 6) is 0.520. The van der Waals surface area contributed by atoms with E-state index in [1.54, 1.807) is 6.26 Å². The number of fused-ring (bicyclic) bond motifs is 1. The number of anilines is 1. The summed E-state index contributed by atoms with van der Waals surface area (Å²) >= 11 is 1.40. The van der Waals surface area contributed by atoms with Gasteiger partial charge in [0.25, 0.3) is 0 Å². The molecule has 3 aromatic heterocycles. The third kappa shape index (κ3) is 4.57. The van der Waals surface area contributed by atoms with Gasteiger partial charge in [0.05, 0.1) is 12.0 Å². The first-order valence-electron chi connectivity index (χ1n) is 12.1. The van der Waals surface area contributed by atoms with Crippen LogP contribution in [0.5, 0.6) is 0 Å². The van der Waals surface area contributed by atoms with Crippen LogP contribution in [0.15, 0.2) is 102 Å². The second kappa shape index (κ2) is 9.87. The zero-order valence-electron chi connectivity index (χ0n) is 20.2. The SMILES string of the molecule is CCc1nnc(NC(=O)Cn2c(-c3ccccc3)cc(-c3ccc4ccccc4c3)c2-c2ccco2)s1. The summed E-state index contributed by atoms with van der Waals surface area (Å²) in [7, 11) is 0. The molecule has 7 heteroatoms. The number of nitrogens with one attached hydrogen (secondary N) is 1. The molecule has 0 fully saturated rings. The molecule has 0 bridgehead atoms. The molecule has 0 spiro atoms. The van der Waals surface area contributed by atoms with Crippen LogP contribution in [0.25, 0.3) is 44.6 Å². The highest BCUT2D eigenvalue weighted by atomic mass is 32.1. The number of furan rings is 1. The van der Waals surface area contributed by atoms with Crippen LogP contribution < -0.4 is 5.32 Å². The topological polar surface area (TPSA) is 73.0 Å². The van der Waals surface area contributed by atoms with Gasteiger partial charge in [0.2, 0.25) is 11.0 Å². The van der Waals surface area contributed by atoms with E-state index >= 15 is 0 Å². The van der Waals surface area contributed by atoms with E-state index in [1.807, 2.05) is 54.0 Å². The van der Waals surface area contributed by atoms with E-state index < -0.39 is 0 Å². The highest BCUT2D eigenvalue weighted by molar-refractivity contribution is 7.15. The third-order valence-electron chi connectivity index (χ3n) is 6.30. The molecule has 182 valence electrons. The van der Waals surface area contributed by atoms with Gasteiger partial charge in [0.1, 0.15) is 11.6 Å². The van der Waals surface area contributed by atoms with Crippen molar-refractivity contribution >= 4 is 33.1 Å². The molecule has 3 aromatic carbocycles. The first-order chi connectivity index (χ1) is 18.2. The van der Waals surface area contributed by atoms with Crippen molar-refractivity contribution in [3.63, 3.8) is 0 Å². The van der Waals surface area contributed by atoms with Gasteiger partial charge < -0.3 is 8.98 Å². The lowest BCUT2D eigenvalue weighted by Gasteiger charge is -2.13. The van der Waals surface area contributed by atoms with E-state index in [-0.39, 0.29) is 12.5 Å². The number of rotatable bonds is 7. The summed E-state index contributed by atoms with van der Waals surface area (Å²) in [5, 5.41) is 14.9. The minimum absolute atomic E-state index is 0.0921. The Morgan fingerprint density at radius 3 is 2.46 bits per heavy atom. The van der Waals surface area contributed by atoms with Crippen molar-refractivity contribution in [2.75, 3.05) is 5.32 Å². The normalized spacial score (nSPS) is 11.2. The summed E-state index contributed by atoms with van der Waals surface area (Å²) in [4.78, 5) is 13.3. The summed E-state index contributed by atoms with van der Waals surface area (Å²) in [6.07, 6.45) is 2.44. The van der Waals surface area contributed by atoms with Crippen LogP contribution in [0.4, 0.5) is 5.13 Å². The van der Waals surface area contributed by atoms with Gasteiger partial charge in [-0.3, -0.25) is 10.1 Å². The molecule has 0 atom stereocenters. The Bertz CT molecular complexity index is 1680. The van der Waals surface area contributed by atoms with Gasteiger partial charge in [-0.05, 0) is 52.6 Å². The quantitative estimate of drug-likeness (QED) is 0.248. The number of amides is 1. The summed E-state index contributed by atoms with van der Waals surface area (Å²) in [5.41, 5.74) is 4.84. The zero-order valence-corrected chi connectivity index (χ0v) is 21.0. The van der Waals surface area contributed by atoms with Gasteiger partial charge in [-0.1, -0.05) is 85.0 Å². The molecule has 3 heterocycles. The fourth-order valence-electron chi connectivity index (χ4n) is 4.57. The van der Waals surface area contributed by atoms with Crippen LogP contribution in [-0.4, -0.2) is 20.7 Å². The lowest BCUT2D eigenvalue weighted by molar-refractivity contribution is -0.116. The summed E-state index contributed by atoms with van der Waals surface area (Å²) < 4.78 is 7.93. The number of nitrogens with zero attached hydrogens (tertiary/aromatic N) is 3. The van der Waals surface area contributed by atoms with Crippen molar-refractivity contribution in [3.05, 3.63) is 102 Å². The molecule has 0 unspecified atom stereocenters. The molecule has 0 aliphatic heterocycles. The fourth-order valence-corrected chi connectivity index (χ4v) is 5.26. The van der Waals surface area contributed by atoms with Crippen LogP contribution in [-0.2, 0) is 17.8 Å². The second-order valence-corrected chi connectivity index (χ2v) is 9.75. The largest absolute Gasteiger partial charge is 0.463 e. The molecule has 6 rings (SSSR count). The van der Waals surface area contributed by atoms with Crippen LogP contribution in [0.1, 0.15) is 11.9 Å². The molecule has 1 N–H and O–H groups in total. The minimum atomic E-state index is -0.176. The molecule has 0 aliphatic rings. The first kappa shape index (κ1) is 22.9. The number of carbonyl (C=O) groups excluding carboxylic acids is 1. The average molecular weight is 505 g/mol. The number of aromatic nitrogens is 3. The highest BCUT2D eigenvalue weighted by Crippen LogP contribution is 2.40. The summed E-state index contributed by atoms with van der Waals surface area (Å²) in [6.45, 7) is 2.11. The van der Waals surface area contributed by atoms with E-state index in [0.717, 1.165) is 44.9 Å². The van der Waals surface area contributed by atoms with Crippen molar-refractivity contribution in [2.24, 2.45) is 0 Å². The molecule has 0 saturated heterocycles. The molecule has 0 radical (unpaired) electrons. The predicted molar refractivity (Wildman–Crippen MR) is 148 cm³/mol. The van der Waals surface area contributed by atoms with Crippen LogP contribution in [0, 0.1) is 0 Å². The monoisotopic (exact) mass is 504 g/mol. The number of aryl methyl sites for hydroxylation is 1. The molecule has 0 aliphatic carbocycles. The highest BCUT2D eigenvalue weighted by Gasteiger charge is 2.23. The van der Waals surface area contributed by atoms with Gasteiger partial charge >= 0.3 is 0 Å². The Hall–Kier alpha value is -4.49. The maximum absolute atomic E-state index is 13.3. The van der Waals surface area contributed by atoms with Crippen molar-refractivity contribution in [3.8, 4) is 33.8 Å². The van der Waals surface area contributed by atoms with Gasteiger partial charge in [0, 0.05) is 11.3 Å². The standard InChI is InChI=1S/C30H24N4O2S/c1-2-28-32-33-30(37-28)31-27(35)19-34-25(21-10-4-3-5-11-21)18-24(29(34)26-13-8-16-36-26)23-15-14-20-9-6-7-12-22(20)17-23/h3-18H,2,19H2,1H3,(H,31,33,35). The maximum Gasteiger partial charge on any atom is 0.246 e. The number of carbonyl (C=O) groups is 1. The minimum Gasteiger partial charge on any atom is -0.463 e.